The number of hydrogen-bond donors (Lipinski definition) is 1. The maximum Gasteiger partial charge on any atom is 0.338 e. The van der Waals surface area contributed by atoms with Crippen molar-refractivity contribution in [2.24, 2.45) is 0 Å². The highest BCUT2D eigenvalue weighted by molar-refractivity contribution is 5.89. The van der Waals surface area contributed by atoms with Crippen molar-refractivity contribution in [3.63, 3.8) is 0 Å². The molecule has 1 rings (SSSR count). The minimum absolute atomic E-state index is 0.267. The van der Waals surface area contributed by atoms with Crippen molar-refractivity contribution in [3.05, 3.63) is 33.6 Å². The largest absolute Gasteiger partial charge is 0.484 e. The van der Waals surface area contributed by atoms with E-state index in [-0.39, 0.29) is 11.9 Å². The lowest BCUT2D eigenvalue weighted by atomic mass is 10.1. The quantitative estimate of drug-likeness (QED) is 0.646. The number of benzene rings is 1. The van der Waals surface area contributed by atoms with Crippen molar-refractivity contribution in [3.8, 4) is 5.75 Å². The predicted octanol–water partition coefficient (Wildman–Crippen LogP) is 2.61. The first-order valence-corrected chi connectivity index (χ1v) is 5.24. The third kappa shape index (κ3) is 2.93. The van der Waals surface area contributed by atoms with E-state index in [1.54, 1.807) is 13.8 Å². The number of carbonyl (C=O) groups is 1. The summed E-state index contributed by atoms with van der Waals surface area (Å²) in [5.41, 5.74) is -1.31. The molecule has 1 atom stereocenters. The van der Waals surface area contributed by atoms with Gasteiger partial charge in [0.25, 0.3) is 0 Å². The average Bonchev–Trinajstić information content (AvgIpc) is 2.27. The molecule has 0 fully saturated rings. The number of nitro benzene ring substituents is 1. The summed E-state index contributed by atoms with van der Waals surface area (Å²) in [5, 5.41) is 19.5. The minimum Gasteiger partial charge on any atom is -0.484 e. The highest BCUT2D eigenvalue weighted by Crippen LogP contribution is 2.31. The maximum atomic E-state index is 13.4. The summed E-state index contributed by atoms with van der Waals surface area (Å²) in [6.07, 6.45) is 0.248. The lowest BCUT2D eigenvalue weighted by molar-refractivity contribution is -0.386. The first kappa shape index (κ1) is 13.9. The Morgan fingerprint density at radius 1 is 1.61 bits per heavy atom. The van der Waals surface area contributed by atoms with Crippen LogP contribution in [0.2, 0.25) is 0 Å². The van der Waals surface area contributed by atoms with Gasteiger partial charge < -0.3 is 9.84 Å². The zero-order valence-electron chi connectivity index (χ0n) is 9.84. The van der Waals surface area contributed by atoms with Crippen molar-refractivity contribution in [2.45, 2.75) is 26.4 Å². The standard InChI is InChI=1S/C11H12FNO5/c1-3-6(2)18-10-5-8(12)7(11(14)15)4-9(10)13(16)17/h4-6H,3H2,1-2H3,(H,14,15). The van der Waals surface area contributed by atoms with Crippen LogP contribution in [0.4, 0.5) is 10.1 Å². The average molecular weight is 257 g/mol. The molecule has 0 spiro atoms. The Hall–Kier alpha value is -2.18. The highest BCUT2D eigenvalue weighted by atomic mass is 19.1. The molecule has 0 aliphatic heterocycles. The topological polar surface area (TPSA) is 89.7 Å². The van der Waals surface area contributed by atoms with Gasteiger partial charge in [-0.3, -0.25) is 10.1 Å². The molecule has 0 radical (unpaired) electrons. The second kappa shape index (κ2) is 5.44. The molecule has 1 N–H and O–H groups in total. The van der Waals surface area contributed by atoms with E-state index in [1.165, 1.54) is 0 Å². The van der Waals surface area contributed by atoms with Crippen LogP contribution in [0, 0.1) is 15.9 Å². The highest BCUT2D eigenvalue weighted by Gasteiger charge is 2.23. The van der Waals surface area contributed by atoms with E-state index < -0.39 is 28.0 Å². The Kier molecular flexibility index (Phi) is 4.19. The summed E-state index contributed by atoms with van der Waals surface area (Å²) in [6.45, 7) is 3.48. The van der Waals surface area contributed by atoms with E-state index in [0.717, 1.165) is 6.07 Å². The van der Waals surface area contributed by atoms with Gasteiger partial charge in [-0.05, 0) is 13.3 Å². The third-order valence-corrected chi connectivity index (χ3v) is 2.38. The van der Waals surface area contributed by atoms with Gasteiger partial charge in [0.1, 0.15) is 11.4 Å². The molecule has 0 bridgehead atoms. The first-order valence-electron chi connectivity index (χ1n) is 5.24. The number of carboxylic acids is 1. The van der Waals surface area contributed by atoms with Gasteiger partial charge in [-0.1, -0.05) is 6.92 Å². The zero-order valence-corrected chi connectivity index (χ0v) is 9.84. The molecule has 0 heterocycles. The maximum absolute atomic E-state index is 13.4. The second-order valence-corrected chi connectivity index (χ2v) is 3.70. The fourth-order valence-electron chi connectivity index (χ4n) is 1.24. The van der Waals surface area contributed by atoms with Gasteiger partial charge in [0, 0.05) is 12.1 Å². The molecule has 1 aromatic rings. The van der Waals surface area contributed by atoms with Crippen LogP contribution in [0.25, 0.3) is 0 Å². The molecule has 0 aliphatic rings. The summed E-state index contributed by atoms with van der Waals surface area (Å²) in [6, 6.07) is 1.39. The van der Waals surface area contributed by atoms with Gasteiger partial charge in [-0.15, -0.1) is 0 Å². The Morgan fingerprint density at radius 3 is 2.67 bits per heavy atom. The molecule has 1 aromatic carbocycles. The number of nitro groups is 1. The Bertz CT molecular complexity index is 489. The molecule has 0 aliphatic carbocycles. The molecular weight excluding hydrogens is 245 g/mol. The van der Waals surface area contributed by atoms with Gasteiger partial charge >= 0.3 is 11.7 Å². The Labute approximate surface area is 102 Å². The van der Waals surface area contributed by atoms with Crippen LogP contribution in [0.3, 0.4) is 0 Å². The van der Waals surface area contributed by atoms with Crippen LogP contribution < -0.4 is 4.74 Å². The fraction of sp³-hybridized carbons (Fsp3) is 0.364. The first-order chi connectivity index (χ1) is 8.36. The van der Waals surface area contributed by atoms with Crippen molar-refractivity contribution < 1.29 is 24.0 Å². The van der Waals surface area contributed by atoms with E-state index in [1.807, 2.05) is 0 Å². The Morgan fingerprint density at radius 2 is 2.22 bits per heavy atom. The normalized spacial score (nSPS) is 11.9. The molecule has 0 aromatic heterocycles. The summed E-state index contributed by atoms with van der Waals surface area (Å²) < 4.78 is 18.6. The summed E-state index contributed by atoms with van der Waals surface area (Å²) in [7, 11) is 0. The molecule has 7 heteroatoms. The lowest BCUT2D eigenvalue weighted by Crippen LogP contribution is -2.12. The summed E-state index contributed by atoms with van der Waals surface area (Å²) in [4.78, 5) is 20.7. The number of ether oxygens (including phenoxy) is 1. The van der Waals surface area contributed by atoms with Gasteiger partial charge in [0.15, 0.2) is 5.75 Å². The van der Waals surface area contributed by atoms with Crippen LogP contribution in [0.5, 0.6) is 5.75 Å². The molecular formula is C11H12FNO5. The molecule has 6 nitrogen and oxygen atoms in total. The van der Waals surface area contributed by atoms with Gasteiger partial charge in [-0.25, -0.2) is 9.18 Å². The van der Waals surface area contributed by atoms with E-state index in [2.05, 4.69) is 0 Å². The fourth-order valence-corrected chi connectivity index (χ4v) is 1.24. The zero-order chi connectivity index (χ0) is 13.9. The SMILES string of the molecule is CCC(C)Oc1cc(F)c(C(=O)O)cc1[N+](=O)[O-]. The summed E-state index contributed by atoms with van der Waals surface area (Å²) in [5.74, 6) is -2.89. The number of nitrogens with zero attached hydrogens (tertiary/aromatic N) is 1. The predicted molar refractivity (Wildman–Crippen MR) is 60.4 cm³/mol. The molecule has 0 amide bonds. The van der Waals surface area contributed by atoms with Gasteiger partial charge in [-0.2, -0.15) is 0 Å². The van der Waals surface area contributed by atoms with Crippen LogP contribution in [0.1, 0.15) is 30.6 Å². The minimum atomic E-state index is -1.56. The van der Waals surface area contributed by atoms with E-state index in [0.29, 0.717) is 12.5 Å². The van der Waals surface area contributed by atoms with Crippen molar-refractivity contribution in [2.75, 3.05) is 0 Å². The van der Waals surface area contributed by atoms with E-state index in [4.69, 9.17) is 9.84 Å². The van der Waals surface area contributed by atoms with Crippen LogP contribution in [-0.2, 0) is 0 Å². The van der Waals surface area contributed by atoms with E-state index >= 15 is 0 Å². The smallest absolute Gasteiger partial charge is 0.338 e. The van der Waals surface area contributed by atoms with E-state index in [9.17, 15) is 19.3 Å². The van der Waals surface area contributed by atoms with Crippen molar-refractivity contribution in [1.29, 1.82) is 0 Å². The molecule has 1 unspecified atom stereocenters. The number of halogens is 1. The van der Waals surface area contributed by atoms with Crippen LogP contribution in [-0.4, -0.2) is 22.1 Å². The monoisotopic (exact) mass is 257 g/mol. The van der Waals surface area contributed by atoms with Gasteiger partial charge in [0.2, 0.25) is 0 Å². The van der Waals surface area contributed by atoms with Crippen LogP contribution in [0.15, 0.2) is 12.1 Å². The van der Waals surface area contributed by atoms with Crippen molar-refractivity contribution in [1.82, 2.24) is 0 Å². The Balaban J connectivity index is 3.29. The second-order valence-electron chi connectivity index (χ2n) is 3.70. The van der Waals surface area contributed by atoms with Crippen molar-refractivity contribution >= 4 is 11.7 Å². The molecule has 0 saturated carbocycles. The molecule has 0 saturated heterocycles. The number of carboxylic acid groups (broad SMARTS) is 1. The number of rotatable bonds is 5. The molecule has 18 heavy (non-hydrogen) atoms. The molecule has 98 valence electrons. The number of hydrogen-bond acceptors (Lipinski definition) is 4. The number of aromatic carboxylic acids is 1. The third-order valence-electron chi connectivity index (χ3n) is 2.38. The van der Waals surface area contributed by atoms with Crippen LogP contribution >= 0.6 is 0 Å². The lowest BCUT2D eigenvalue weighted by Gasteiger charge is -2.13. The summed E-state index contributed by atoms with van der Waals surface area (Å²) >= 11 is 0. The van der Waals surface area contributed by atoms with Gasteiger partial charge in [0.05, 0.1) is 11.0 Å².